The first-order valence-corrected chi connectivity index (χ1v) is 8.60. The first kappa shape index (κ1) is 16.8. The highest BCUT2D eigenvalue weighted by atomic mass is 16.4. The van der Waals surface area contributed by atoms with Gasteiger partial charge in [-0.3, -0.25) is 14.0 Å². The summed E-state index contributed by atoms with van der Waals surface area (Å²) in [5.41, 5.74) is 2.23. The molecule has 134 valence electrons. The van der Waals surface area contributed by atoms with Crippen molar-refractivity contribution in [1.29, 1.82) is 0 Å². The van der Waals surface area contributed by atoms with Crippen LogP contribution in [0.25, 0.3) is 27.7 Å². The van der Waals surface area contributed by atoms with Gasteiger partial charge < -0.3 is 10.4 Å². The number of aliphatic carboxylic acids is 1. The number of anilines is 1. The molecular formula is C21H17N3O3. The molecule has 2 N–H and O–H groups in total. The van der Waals surface area contributed by atoms with Crippen molar-refractivity contribution < 1.29 is 14.7 Å². The minimum Gasteiger partial charge on any atom is -0.481 e. The van der Waals surface area contributed by atoms with Crippen molar-refractivity contribution >= 4 is 34.1 Å². The van der Waals surface area contributed by atoms with Gasteiger partial charge in [0.1, 0.15) is 17.2 Å². The molecule has 2 heterocycles. The zero-order valence-corrected chi connectivity index (χ0v) is 14.4. The van der Waals surface area contributed by atoms with E-state index in [-0.39, 0.29) is 18.7 Å². The predicted octanol–water partition coefficient (Wildman–Crippen LogP) is 3.96. The molecular weight excluding hydrogens is 342 g/mol. The zero-order chi connectivity index (χ0) is 18.8. The van der Waals surface area contributed by atoms with Crippen LogP contribution in [0.2, 0.25) is 0 Å². The lowest BCUT2D eigenvalue weighted by atomic mass is 10.1. The maximum Gasteiger partial charge on any atom is 0.303 e. The summed E-state index contributed by atoms with van der Waals surface area (Å²) in [6, 6.07) is 19.6. The van der Waals surface area contributed by atoms with Gasteiger partial charge in [0.25, 0.3) is 0 Å². The molecule has 0 bridgehead atoms. The topological polar surface area (TPSA) is 83.7 Å². The van der Waals surface area contributed by atoms with Crippen molar-refractivity contribution in [3.8, 4) is 11.3 Å². The number of carbonyl (C=O) groups is 2. The van der Waals surface area contributed by atoms with Crippen LogP contribution in [0.1, 0.15) is 12.8 Å². The van der Waals surface area contributed by atoms with Crippen molar-refractivity contribution in [2.75, 3.05) is 5.32 Å². The Hall–Kier alpha value is -3.67. The molecule has 0 aliphatic heterocycles. The third kappa shape index (κ3) is 3.37. The van der Waals surface area contributed by atoms with Gasteiger partial charge in [0.2, 0.25) is 5.91 Å². The van der Waals surface area contributed by atoms with Crippen molar-refractivity contribution in [2.24, 2.45) is 0 Å². The van der Waals surface area contributed by atoms with Crippen LogP contribution in [0.15, 0.2) is 66.9 Å². The Morgan fingerprint density at radius 3 is 2.56 bits per heavy atom. The van der Waals surface area contributed by atoms with E-state index in [2.05, 4.69) is 10.3 Å². The lowest BCUT2D eigenvalue weighted by molar-refractivity contribution is -0.138. The average Bonchev–Trinajstić information content (AvgIpc) is 3.04. The number of carbonyl (C=O) groups excluding carboxylic acids is 1. The van der Waals surface area contributed by atoms with Crippen LogP contribution >= 0.6 is 0 Å². The van der Waals surface area contributed by atoms with E-state index in [0.717, 1.165) is 16.3 Å². The monoisotopic (exact) mass is 359 g/mol. The molecule has 0 saturated carbocycles. The number of fused-ring (bicyclic) bond motifs is 2. The van der Waals surface area contributed by atoms with Crippen LogP contribution in [0.4, 0.5) is 5.82 Å². The van der Waals surface area contributed by atoms with Gasteiger partial charge in [-0.15, -0.1) is 0 Å². The van der Waals surface area contributed by atoms with Gasteiger partial charge in [0.05, 0.1) is 6.42 Å². The minimum absolute atomic E-state index is 0.0907. The molecule has 0 unspecified atom stereocenters. The van der Waals surface area contributed by atoms with E-state index in [9.17, 15) is 9.59 Å². The molecule has 0 aliphatic carbocycles. The standard InChI is InChI=1S/C21H17N3O3/c25-18(10-11-19(26)27)23-21-20(22-17-7-3-4-12-24(17)21)16-9-8-14-5-1-2-6-15(14)13-16/h1-9,12-13H,10-11H2,(H,23,25)(H,26,27). The average molecular weight is 359 g/mol. The number of hydrogen-bond donors (Lipinski definition) is 2. The van der Waals surface area contributed by atoms with Crippen LogP contribution in [-0.2, 0) is 9.59 Å². The van der Waals surface area contributed by atoms with Crippen LogP contribution in [-0.4, -0.2) is 26.4 Å². The van der Waals surface area contributed by atoms with Crippen molar-refractivity contribution in [3.63, 3.8) is 0 Å². The lowest BCUT2D eigenvalue weighted by Crippen LogP contribution is -2.15. The maximum absolute atomic E-state index is 12.2. The van der Waals surface area contributed by atoms with Crippen molar-refractivity contribution in [1.82, 2.24) is 9.38 Å². The first-order chi connectivity index (χ1) is 13.1. The largest absolute Gasteiger partial charge is 0.481 e. The number of nitrogens with one attached hydrogen (secondary N) is 1. The van der Waals surface area contributed by atoms with Gasteiger partial charge in [-0.05, 0) is 29.0 Å². The minimum atomic E-state index is -1.00. The van der Waals surface area contributed by atoms with Gasteiger partial charge in [-0.25, -0.2) is 4.98 Å². The number of hydrogen-bond acceptors (Lipinski definition) is 3. The number of aromatic nitrogens is 2. The molecule has 0 fully saturated rings. The molecule has 0 atom stereocenters. The van der Waals surface area contributed by atoms with Crippen molar-refractivity contribution in [2.45, 2.75) is 12.8 Å². The Labute approximate surface area is 155 Å². The Morgan fingerprint density at radius 1 is 0.963 bits per heavy atom. The van der Waals surface area contributed by atoms with E-state index in [4.69, 9.17) is 5.11 Å². The Bertz CT molecular complexity index is 1160. The summed E-state index contributed by atoms with van der Waals surface area (Å²) in [6.45, 7) is 0. The van der Waals surface area contributed by atoms with E-state index in [1.165, 1.54) is 0 Å². The quantitative estimate of drug-likeness (QED) is 0.565. The number of imidazole rings is 1. The molecule has 4 rings (SSSR count). The Morgan fingerprint density at radius 2 is 1.74 bits per heavy atom. The highest BCUT2D eigenvalue weighted by molar-refractivity contribution is 5.97. The van der Waals surface area contributed by atoms with Gasteiger partial charge in [-0.1, -0.05) is 42.5 Å². The summed E-state index contributed by atoms with van der Waals surface area (Å²) in [4.78, 5) is 27.6. The summed E-state index contributed by atoms with van der Waals surface area (Å²) < 4.78 is 1.79. The normalized spacial score (nSPS) is 11.0. The Kier molecular flexibility index (Phi) is 4.30. The molecule has 4 aromatic rings. The molecule has 0 saturated heterocycles. The maximum atomic E-state index is 12.2. The highest BCUT2D eigenvalue weighted by Crippen LogP contribution is 2.31. The molecule has 6 nitrogen and oxygen atoms in total. The lowest BCUT2D eigenvalue weighted by Gasteiger charge is -2.08. The molecule has 0 spiro atoms. The van der Waals surface area contributed by atoms with Crippen LogP contribution in [0, 0.1) is 0 Å². The number of benzene rings is 2. The summed E-state index contributed by atoms with van der Waals surface area (Å²) in [5, 5.41) is 13.8. The number of rotatable bonds is 5. The first-order valence-electron chi connectivity index (χ1n) is 8.60. The summed E-state index contributed by atoms with van der Waals surface area (Å²) in [6.07, 6.45) is 1.51. The number of amides is 1. The van der Waals surface area contributed by atoms with Gasteiger partial charge in [0, 0.05) is 18.2 Å². The van der Waals surface area contributed by atoms with E-state index in [1.807, 2.05) is 66.9 Å². The Balaban J connectivity index is 1.79. The van der Waals surface area contributed by atoms with Crippen molar-refractivity contribution in [3.05, 3.63) is 66.9 Å². The fraction of sp³-hybridized carbons (Fsp3) is 0.0952. The fourth-order valence-corrected chi connectivity index (χ4v) is 3.07. The second-order valence-electron chi connectivity index (χ2n) is 6.24. The molecule has 0 aliphatic rings. The molecule has 1 amide bonds. The number of nitrogens with zero attached hydrogens (tertiary/aromatic N) is 2. The second kappa shape index (κ2) is 6.92. The molecule has 2 aromatic carbocycles. The van der Waals surface area contributed by atoms with Crippen LogP contribution in [0.3, 0.4) is 0 Å². The number of pyridine rings is 1. The summed E-state index contributed by atoms with van der Waals surface area (Å²) >= 11 is 0. The molecule has 6 heteroatoms. The number of carboxylic acid groups (broad SMARTS) is 1. The van der Waals surface area contributed by atoms with Crippen LogP contribution in [0.5, 0.6) is 0 Å². The van der Waals surface area contributed by atoms with E-state index in [1.54, 1.807) is 4.40 Å². The molecule has 0 radical (unpaired) electrons. The molecule has 2 aromatic heterocycles. The van der Waals surface area contributed by atoms with Gasteiger partial charge in [-0.2, -0.15) is 0 Å². The highest BCUT2D eigenvalue weighted by Gasteiger charge is 2.17. The van der Waals surface area contributed by atoms with Gasteiger partial charge in [0.15, 0.2) is 0 Å². The van der Waals surface area contributed by atoms with E-state index >= 15 is 0 Å². The number of carboxylic acids is 1. The summed E-state index contributed by atoms with van der Waals surface area (Å²) in [7, 11) is 0. The van der Waals surface area contributed by atoms with Crippen LogP contribution < -0.4 is 5.32 Å². The zero-order valence-electron chi connectivity index (χ0n) is 14.4. The molecule has 27 heavy (non-hydrogen) atoms. The SMILES string of the molecule is O=C(O)CCC(=O)Nc1c(-c2ccc3ccccc3c2)nc2ccccn12. The predicted molar refractivity (Wildman–Crippen MR) is 104 cm³/mol. The fourth-order valence-electron chi connectivity index (χ4n) is 3.07. The van der Waals surface area contributed by atoms with E-state index in [0.29, 0.717) is 17.2 Å². The third-order valence-electron chi connectivity index (χ3n) is 4.38. The second-order valence-corrected chi connectivity index (χ2v) is 6.24. The third-order valence-corrected chi connectivity index (χ3v) is 4.38. The smallest absolute Gasteiger partial charge is 0.303 e. The van der Waals surface area contributed by atoms with E-state index < -0.39 is 5.97 Å². The summed E-state index contributed by atoms with van der Waals surface area (Å²) in [5.74, 6) is -0.820. The van der Waals surface area contributed by atoms with Gasteiger partial charge >= 0.3 is 5.97 Å².